The standard InChI is InChI=1S/C15H18Cl2N4O2S2.HI/c1-2-19-15(20-8-10-3-4-11(16)7-13(10)17)21-9-12-5-6-14(24-12)25(18,22)23;/h3-7H,2,8-9H2,1H3,(H2,18,22,23)(H2,19,20,21);1H. The highest BCUT2D eigenvalue weighted by molar-refractivity contribution is 14.0. The summed E-state index contributed by atoms with van der Waals surface area (Å²) in [6.07, 6.45) is 0. The lowest BCUT2D eigenvalue weighted by molar-refractivity contribution is 0.600. The zero-order valence-corrected chi connectivity index (χ0v) is 19.3. The van der Waals surface area contributed by atoms with Gasteiger partial charge in [-0.1, -0.05) is 29.3 Å². The minimum absolute atomic E-state index is 0. The third-order valence-electron chi connectivity index (χ3n) is 3.11. The van der Waals surface area contributed by atoms with Crippen molar-refractivity contribution in [1.29, 1.82) is 0 Å². The van der Waals surface area contributed by atoms with Gasteiger partial charge >= 0.3 is 0 Å². The molecule has 1 heterocycles. The first-order valence-corrected chi connectivity index (χ1v) is 10.5. The number of hydrogen-bond acceptors (Lipinski definition) is 4. The van der Waals surface area contributed by atoms with Crippen molar-refractivity contribution in [2.45, 2.75) is 24.2 Å². The highest BCUT2D eigenvalue weighted by Gasteiger charge is 2.11. The van der Waals surface area contributed by atoms with Gasteiger partial charge < -0.3 is 10.6 Å². The van der Waals surface area contributed by atoms with Crippen molar-refractivity contribution in [2.75, 3.05) is 6.54 Å². The molecule has 0 bridgehead atoms. The summed E-state index contributed by atoms with van der Waals surface area (Å²) in [4.78, 5) is 5.31. The molecule has 0 atom stereocenters. The van der Waals surface area contributed by atoms with Gasteiger partial charge in [-0.3, -0.25) is 0 Å². The Balaban J connectivity index is 0.00000338. The van der Waals surface area contributed by atoms with E-state index in [4.69, 9.17) is 28.3 Å². The minimum Gasteiger partial charge on any atom is -0.357 e. The van der Waals surface area contributed by atoms with E-state index < -0.39 is 10.0 Å². The first-order chi connectivity index (χ1) is 11.8. The van der Waals surface area contributed by atoms with Gasteiger partial charge in [0.25, 0.3) is 0 Å². The second-order valence-electron chi connectivity index (χ2n) is 5.05. The molecular weight excluding hydrogens is 530 g/mol. The van der Waals surface area contributed by atoms with Crippen molar-refractivity contribution >= 4 is 74.5 Å². The van der Waals surface area contributed by atoms with Crippen LogP contribution in [-0.4, -0.2) is 20.9 Å². The van der Waals surface area contributed by atoms with Crippen LogP contribution in [0, 0.1) is 0 Å². The number of thiophene rings is 1. The van der Waals surface area contributed by atoms with Crippen LogP contribution in [0.4, 0.5) is 0 Å². The number of benzene rings is 1. The summed E-state index contributed by atoms with van der Waals surface area (Å²) in [6, 6.07) is 8.48. The summed E-state index contributed by atoms with van der Waals surface area (Å²) in [5.41, 5.74) is 0.857. The van der Waals surface area contributed by atoms with Gasteiger partial charge in [-0.2, -0.15) is 0 Å². The van der Waals surface area contributed by atoms with Crippen LogP contribution in [0.3, 0.4) is 0 Å². The second kappa shape index (κ2) is 10.7. The van der Waals surface area contributed by atoms with E-state index in [2.05, 4.69) is 15.6 Å². The maximum Gasteiger partial charge on any atom is 0.247 e. The van der Waals surface area contributed by atoms with E-state index in [1.165, 1.54) is 6.07 Å². The van der Waals surface area contributed by atoms with Crippen molar-refractivity contribution in [2.24, 2.45) is 10.1 Å². The van der Waals surface area contributed by atoms with E-state index in [1.807, 2.05) is 13.0 Å². The molecular formula is C15H19Cl2IN4O2S2. The van der Waals surface area contributed by atoms with Crippen LogP contribution < -0.4 is 15.8 Å². The van der Waals surface area contributed by atoms with Gasteiger partial charge in [-0.25, -0.2) is 18.5 Å². The summed E-state index contributed by atoms with van der Waals surface area (Å²) in [6.45, 7) is 3.46. The third-order valence-corrected chi connectivity index (χ3v) is 6.22. The minimum atomic E-state index is -3.67. The van der Waals surface area contributed by atoms with E-state index in [0.29, 0.717) is 35.6 Å². The summed E-state index contributed by atoms with van der Waals surface area (Å²) in [5, 5.41) is 12.5. The summed E-state index contributed by atoms with van der Waals surface area (Å²) in [5.74, 6) is 0.596. The molecule has 144 valence electrons. The van der Waals surface area contributed by atoms with Crippen LogP contribution in [0.2, 0.25) is 10.0 Å². The van der Waals surface area contributed by atoms with Crippen LogP contribution in [0.5, 0.6) is 0 Å². The largest absolute Gasteiger partial charge is 0.357 e. The summed E-state index contributed by atoms with van der Waals surface area (Å²) >= 11 is 13.2. The van der Waals surface area contributed by atoms with E-state index in [1.54, 1.807) is 18.2 Å². The predicted molar refractivity (Wildman–Crippen MR) is 119 cm³/mol. The molecule has 0 saturated heterocycles. The van der Waals surface area contributed by atoms with Crippen molar-refractivity contribution < 1.29 is 8.42 Å². The van der Waals surface area contributed by atoms with Crippen LogP contribution >= 0.6 is 58.5 Å². The lowest BCUT2D eigenvalue weighted by Crippen LogP contribution is -2.36. The number of nitrogens with two attached hydrogens (primary N) is 1. The number of guanidine groups is 1. The number of halogens is 3. The fourth-order valence-electron chi connectivity index (χ4n) is 1.93. The number of hydrogen-bond donors (Lipinski definition) is 3. The fourth-order valence-corrected chi connectivity index (χ4v) is 4.12. The number of nitrogens with zero attached hydrogens (tertiary/aromatic N) is 1. The number of primary sulfonamides is 1. The number of sulfonamides is 1. The Morgan fingerprint density at radius 1 is 1.23 bits per heavy atom. The van der Waals surface area contributed by atoms with Crippen molar-refractivity contribution in [3.8, 4) is 0 Å². The van der Waals surface area contributed by atoms with Crippen molar-refractivity contribution in [1.82, 2.24) is 10.6 Å². The first-order valence-electron chi connectivity index (χ1n) is 7.37. The van der Waals surface area contributed by atoms with Crippen LogP contribution in [0.15, 0.2) is 39.5 Å². The fraction of sp³-hybridized carbons (Fsp3) is 0.267. The molecule has 0 aliphatic rings. The Bertz CT molecular complexity index is 872. The lowest BCUT2D eigenvalue weighted by atomic mass is 10.2. The molecule has 0 radical (unpaired) electrons. The second-order valence-corrected chi connectivity index (χ2v) is 8.85. The Kier molecular flexibility index (Phi) is 9.62. The van der Waals surface area contributed by atoms with E-state index in [9.17, 15) is 8.42 Å². The Hall–Kier alpha value is -0.590. The molecule has 2 rings (SSSR count). The highest BCUT2D eigenvalue weighted by Crippen LogP contribution is 2.22. The van der Waals surface area contributed by atoms with Gasteiger partial charge in [0.2, 0.25) is 10.0 Å². The molecule has 0 amide bonds. The molecule has 6 nitrogen and oxygen atoms in total. The van der Waals surface area contributed by atoms with Gasteiger partial charge in [-0.05, 0) is 36.8 Å². The molecule has 4 N–H and O–H groups in total. The molecule has 0 aliphatic carbocycles. The zero-order chi connectivity index (χ0) is 18.4. The van der Waals surface area contributed by atoms with Gasteiger partial charge in [-0.15, -0.1) is 35.3 Å². The maximum absolute atomic E-state index is 11.3. The maximum atomic E-state index is 11.3. The van der Waals surface area contributed by atoms with Gasteiger partial charge in [0.15, 0.2) is 5.96 Å². The summed E-state index contributed by atoms with van der Waals surface area (Å²) in [7, 11) is -3.67. The Morgan fingerprint density at radius 3 is 2.54 bits per heavy atom. The zero-order valence-electron chi connectivity index (χ0n) is 13.8. The number of nitrogens with one attached hydrogen (secondary N) is 2. The normalized spacial score (nSPS) is 11.8. The molecule has 1 aromatic heterocycles. The third kappa shape index (κ3) is 7.20. The number of aliphatic imine (C=N–C) groups is 1. The molecule has 26 heavy (non-hydrogen) atoms. The van der Waals surface area contributed by atoms with Crippen molar-refractivity contribution in [3.05, 3.63) is 50.8 Å². The van der Waals surface area contributed by atoms with Crippen LogP contribution in [0.25, 0.3) is 0 Å². The SMILES string of the molecule is CCNC(=NCc1ccc(Cl)cc1Cl)NCc1ccc(S(N)(=O)=O)s1.I. The average Bonchev–Trinajstić information content (AvgIpc) is 3.00. The molecule has 0 saturated carbocycles. The number of rotatable bonds is 6. The monoisotopic (exact) mass is 548 g/mol. The van der Waals surface area contributed by atoms with E-state index in [-0.39, 0.29) is 28.2 Å². The Labute approximate surface area is 184 Å². The molecule has 0 aliphatic heterocycles. The molecule has 2 aromatic rings. The predicted octanol–water partition coefficient (Wildman–Crippen LogP) is 3.58. The van der Waals surface area contributed by atoms with E-state index >= 15 is 0 Å². The molecule has 11 heteroatoms. The average molecular weight is 549 g/mol. The Morgan fingerprint density at radius 2 is 1.96 bits per heavy atom. The quantitative estimate of drug-likeness (QED) is 0.292. The van der Waals surface area contributed by atoms with Crippen LogP contribution in [-0.2, 0) is 23.1 Å². The smallest absolute Gasteiger partial charge is 0.247 e. The topological polar surface area (TPSA) is 96.6 Å². The lowest BCUT2D eigenvalue weighted by Gasteiger charge is -2.11. The first kappa shape index (κ1) is 23.4. The molecule has 0 unspecified atom stereocenters. The van der Waals surface area contributed by atoms with Gasteiger partial charge in [0, 0.05) is 21.5 Å². The van der Waals surface area contributed by atoms with Crippen LogP contribution in [0.1, 0.15) is 17.4 Å². The molecule has 0 spiro atoms. The molecule has 1 aromatic carbocycles. The summed E-state index contributed by atoms with van der Waals surface area (Å²) < 4.78 is 22.8. The highest BCUT2D eigenvalue weighted by atomic mass is 127. The van der Waals surface area contributed by atoms with E-state index in [0.717, 1.165) is 21.8 Å². The van der Waals surface area contributed by atoms with Crippen molar-refractivity contribution in [3.63, 3.8) is 0 Å². The van der Waals surface area contributed by atoms with Gasteiger partial charge in [0.05, 0.1) is 13.1 Å². The van der Waals surface area contributed by atoms with Gasteiger partial charge in [0.1, 0.15) is 4.21 Å². The molecule has 0 fully saturated rings.